The molecule has 108 valence electrons. The molecular formula is C13H17N3O3S. The zero-order chi connectivity index (χ0) is 14.8. The summed E-state index contributed by atoms with van der Waals surface area (Å²) in [6.45, 7) is 1.97. The molecule has 0 fully saturated rings. The summed E-state index contributed by atoms with van der Waals surface area (Å²) in [5.74, 6) is 0.573. The van der Waals surface area contributed by atoms with Crippen molar-refractivity contribution in [2.45, 2.75) is 25.1 Å². The molecule has 0 spiro atoms. The van der Waals surface area contributed by atoms with Crippen molar-refractivity contribution >= 4 is 9.84 Å². The van der Waals surface area contributed by atoms with E-state index in [0.29, 0.717) is 18.9 Å². The third kappa shape index (κ3) is 3.23. The number of sulfone groups is 1. The Bertz CT molecular complexity index is 694. The van der Waals surface area contributed by atoms with Crippen molar-refractivity contribution in [3.63, 3.8) is 0 Å². The molecule has 1 aromatic carbocycles. The second-order valence-corrected chi connectivity index (χ2v) is 7.03. The number of nitrogens with two attached hydrogens (primary N) is 1. The zero-order valence-corrected chi connectivity index (χ0v) is 12.2. The number of rotatable bonds is 5. The van der Waals surface area contributed by atoms with Gasteiger partial charge in [-0.15, -0.1) is 0 Å². The first-order valence-electron chi connectivity index (χ1n) is 6.20. The lowest BCUT2D eigenvalue weighted by atomic mass is 10.0. The smallest absolute Gasteiger partial charge is 0.231 e. The van der Waals surface area contributed by atoms with Crippen LogP contribution in [-0.4, -0.2) is 24.8 Å². The highest BCUT2D eigenvalue weighted by atomic mass is 32.2. The maximum Gasteiger partial charge on any atom is 0.231 e. The van der Waals surface area contributed by atoms with Crippen molar-refractivity contribution in [1.82, 2.24) is 10.1 Å². The Morgan fingerprint density at radius 2 is 1.95 bits per heavy atom. The minimum Gasteiger partial charge on any atom is -0.339 e. The van der Waals surface area contributed by atoms with Crippen LogP contribution in [0.4, 0.5) is 0 Å². The third-order valence-electron chi connectivity index (χ3n) is 3.17. The molecule has 2 N–H and O–H groups in total. The Morgan fingerprint density at radius 3 is 2.55 bits per heavy atom. The van der Waals surface area contributed by atoms with E-state index >= 15 is 0 Å². The Morgan fingerprint density at radius 1 is 1.30 bits per heavy atom. The molecule has 0 saturated heterocycles. The molecule has 0 aliphatic rings. The largest absolute Gasteiger partial charge is 0.339 e. The van der Waals surface area contributed by atoms with Gasteiger partial charge in [-0.05, 0) is 18.1 Å². The maximum atomic E-state index is 11.5. The van der Waals surface area contributed by atoms with Crippen molar-refractivity contribution in [3.8, 4) is 0 Å². The van der Waals surface area contributed by atoms with Gasteiger partial charge in [0, 0.05) is 12.8 Å². The van der Waals surface area contributed by atoms with Gasteiger partial charge in [-0.25, -0.2) is 8.42 Å². The Balaban J connectivity index is 2.22. The van der Waals surface area contributed by atoms with E-state index in [0.717, 1.165) is 17.4 Å². The van der Waals surface area contributed by atoms with Crippen LogP contribution in [0.25, 0.3) is 0 Å². The van der Waals surface area contributed by atoms with E-state index in [1.54, 1.807) is 0 Å². The van der Waals surface area contributed by atoms with Gasteiger partial charge in [0.2, 0.25) is 5.89 Å². The minimum absolute atomic E-state index is 0.188. The van der Waals surface area contributed by atoms with E-state index in [1.165, 1.54) is 6.92 Å². The fourth-order valence-corrected chi connectivity index (χ4v) is 2.27. The van der Waals surface area contributed by atoms with Gasteiger partial charge in [-0.1, -0.05) is 29.4 Å². The quantitative estimate of drug-likeness (QED) is 0.890. The number of hydrogen-bond acceptors (Lipinski definition) is 6. The molecule has 0 radical (unpaired) electrons. The standard InChI is InChI=1S/C13H17N3O3S/c1-9(20(2,17)18)13-15-12(19-16-13)7-10-5-3-4-6-11(10)8-14/h3-6,9H,7-8,14H2,1-2H3. The summed E-state index contributed by atoms with van der Waals surface area (Å²) in [6, 6.07) is 7.69. The second-order valence-electron chi connectivity index (χ2n) is 4.67. The molecule has 1 atom stereocenters. The van der Waals surface area contributed by atoms with Crippen LogP contribution in [0.15, 0.2) is 28.8 Å². The van der Waals surface area contributed by atoms with Crippen LogP contribution in [0.5, 0.6) is 0 Å². The molecule has 1 heterocycles. The van der Waals surface area contributed by atoms with Crippen molar-refractivity contribution in [3.05, 3.63) is 47.1 Å². The fourth-order valence-electron chi connectivity index (χ4n) is 1.79. The van der Waals surface area contributed by atoms with Crippen LogP contribution >= 0.6 is 0 Å². The highest BCUT2D eigenvalue weighted by molar-refractivity contribution is 7.90. The first kappa shape index (κ1) is 14.7. The molecule has 0 aliphatic carbocycles. The van der Waals surface area contributed by atoms with Gasteiger partial charge in [0.1, 0.15) is 5.25 Å². The monoisotopic (exact) mass is 295 g/mol. The molecular weight excluding hydrogens is 278 g/mol. The Hall–Kier alpha value is -1.73. The highest BCUT2D eigenvalue weighted by Crippen LogP contribution is 2.19. The van der Waals surface area contributed by atoms with Crippen molar-refractivity contribution in [2.75, 3.05) is 6.26 Å². The summed E-state index contributed by atoms with van der Waals surface area (Å²) in [5, 5.41) is 2.96. The molecule has 1 aromatic heterocycles. The molecule has 2 rings (SSSR count). The van der Waals surface area contributed by atoms with Gasteiger partial charge in [0.15, 0.2) is 15.7 Å². The fraction of sp³-hybridized carbons (Fsp3) is 0.385. The summed E-state index contributed by atoms with van der Waals surface area (Å²) >= 11 is 0. The Kier molecular flexibility index (Phi) is 4.20. The molecule has 6 nitrogen and oxygen atoms in total. The van der Waals surface area contributed by atoms with Crippen LogP contribution in [0.3, 0.4) is 0 Å². The molecule has 2 aromatic rings. The third-order valence-corrected chi connectivity index (χ3v) is 4.66. The van der Waals surface area contributed by atoms with Crippen LogP contribution in [-0.2, 0) is 22.8 Å². The summed E-state index contributed by atoms with van der Waals surface area (Å²) in [5.41, 5.74) is 7.67. The second kappa shape index (κ2) is 5.72. The van der Waals surface area contributed by atoms with Crippen molar-refractivity contribution in [1.29, 1.82) is 0 Å². The lowest BCUT2D eigenvalue weighted by molar-refractivity contribution is 0.379. The number of hydrogen-bond donors (Lipinski definition) is 1. The summed E-state index contributed by atoms with van der Waals surface area (Å²) in [4.78, 5) is 4.15. The van der Waals surface area contributed by atoms with E-state index in [2.05, 4.69) is 10.1 Å². The summed E-state index contributed by atoms with van der Waals surface area (Å²) in [7, 11) is -3.23. The molecule has 0 aliphatic heterocycles. The average molecular weight is 295 g/mol. The lowest BCUT2D eigenvalue weighted by Gasteiger charge is -2.04. The van der Waals surface area contributed by atoms with E-state index < -0.39 is 15.1 Å². The first-order chi connectivity index (χ1) is 9.41. The van der Waals surface area contributed by atoms with Gasteiger partial charge < -0.3 is 10.3 Å². The Labute approximate surface area is 117 Å². The highest BCUT2D eigenvalue weighted by Gasteiger charge is 2.23. The van der Waals surface area contributed by atoms with Gasteiger partial charge in [0.25, 0.3) is 0 Å². The molecule has 1 unspecified atom stereocenters. The van der Waals surface area contributed by atoms with Gasteiger partial charge in [-0.3, -0.25) is 0 Å². The number of benzene rings is 1. The minimum atomic E-state index is -3.23. The summed E-state index contributed by atoms with van der Waals surface area (Å²) in [6.07, 6.45) is 1.59. The van der Waals surface area contributed by atoms with Crippen LogP contribution in [0.1, 0.15) is 35.0 Å². The molecule has 20 heavy (non-hydrogen) atoms. The zero-order valence-electron chi connectivity index (χ0n) is 11.4. The normalized spacial score (nSPS) is 13.3. The lowest BCUT2D eigenvalue weighted by Crippen LogP contribution is -2.09. The topological polar surface area (TPSA) is 99.1 Å². The SMILES string of the molecule is CC(c1noc(Cc2ccccc2CN)n1)S(C)(=O)=O. The van der Waals surface area contributed by atoms with Crippen LogP contribution < -0.4 is 5.73 Å². The van der Waals surface area contributed by atoms with E-state index in [4.69, 9.17) is 10.3 Å². The van der Waals surface area contributed by atoms with Crippen molar-refractivity contribution in [2.24, 2.45) is 5.73 Å². The van der Waals surface area contributed by atoms with E-state index in [1.807, 2.05) is 24.3 Å². The van der Waals surface area contributed by atoms with E-state index in [9.17, 15) is 8.42 Å². The molecule has 0 amide bonds. The van der Waals surface area contributed by atoms with Gasteiger partial charge >= 0.3 is 0 Å². The molecule has 7 heteroatoms. The van der Waals surface area contributed by atoms with Gasteiger partial charge in [0.05, 0.1) is 6.42 Å². The molecule has 0 saturated carbocycles. The van der Waals surface area contributed by atoms with E-state index in [-0.39, 0.29) is 5.82 Å². The summed E-state index contributed by atoms with van der Waals surface area (Å²) < 4.78 is 28.0. The predicted molar refractivity (Wildman–Crippen MR) is 74.7 cm³/mol. The average Bonchev–Trinajstić information content (AvgIpc) is 2.86. The predicted octanol–water partition coefficient (Wildman–Crippen LogP) is 1.22. The number of nitrogens with zero attached hydrogens (tertiary/aromatic N) is 2. The number of aromatic nitrogens is 2. The van der Waals surface area contributed by atoms with Crippen molar-refractivity contribution < 1.29 is 12.9 Å². The maximum absolute atomic E-state index is 11.5. The van der Waals surface area contributed by atoms with Crippen LogP contribution in [0.2, 0.25) is 0 Å². The van der Waals surface area contributed by atoms with Gasteiger partial charge in [-0.2, -0.15) is 4.98 Å². The van der Waals surface area contributed by atoms with Crippen LogP contribution in [0, 0.1) is 0 Å². The first-order valence-corrected chi connectivity index (χ1v) is 8.15. The molecule has 0 bridgehead atoms.